The summed E-state index contributed by atoms with van der Waals surface area (Å²) < 4.78 is 39.8. The number of aliphatic carboxylic acids is 1. The number of aliphatic hydroxyl groups is 3. The SMILES string of the molecule is COc1cc(C2Oc3cc(O)cc4c3C(=C2OC2OC(COC(=O)C=Cc3ccc(O)cc3)C(O)C(O)C2O)C=C(C(O)=[OH+])O4)cc(OC)c1O. The number of hydrogen-bond donors (Lipinski definition) is 7. The second-order valence-electron chi connectivity index (χ2n) is 11.5. The second-order valence-corrected chi connectivity index (χ2v) is 11.5. The van der Waals surface area contributed by atoms with Crippen LogP contribution in [0.4, 0.5) is 0 Å². The standard InChI is InChI=1S/C35H32O16/c1-45-22-9-16(10-23(46-2)28(22)39)32-33(19-13-24(34(43)44)48-20-11-18(37)12-21(49-32)27(19)20)51-35-31(42)30(41)29(40)25(50-35)14-47-26(38)8-5-15-3-6-17(36)7-4-15/h3-13,25,29-32,35-37,39-42H,14H2,1-2H3,(H,43,44)/p+1. The highest BCUT2D eigenvalue weighted by Crippen LogP contribution is 2.53. The molecule has 16 heteroatoms. The number of hydrogen-bond acceptors (Lipinski definition) is 14. The number of allylic oxidation sites excluding steroid dienone is 2. The molecule has 6 rings (SSSR count). The first-order chi connectivity index (χ1) is 24.4. The highest BCUT2D eigenvalue weighted by molar-refractivity contribution is 5.96. The van der Waals surface area contributed by atoms with Gasteiger partial charge in [-0.1, -0.05) is 12.1 Å². The first-order valence-electron chi connectivity index (χ1n) is 15.3. The largest absolute Gasteiger partial charge is 0.552 e. The summed E-state index contributed by atoms with van der Waals surface area (Å²) in [4.78, 5) is 22.4. The molecule has 3 aliphatic heterocycles. The summed E-state index contributed by atoms with van der Waals surface area (Å²) >= 11 is 0. The Morgan fingerprint density at radius 3 is 2.22 bits per heavy atom. The van der Waals surface area contributed by atoms with E-state index >= 15 is 0 Å². The molecule has 3 aliphatic rings. The van der Waals surface area contributed by atoms with Crippen molar-refractivity contribution < 1.29 is 78.5 Å². The summed E-state index contributed by atoms with van der Waals surface area (Å²) in [6, 6.07) is 11.2. The summed E-state index contributed by atoms with van der Waals surface area (Å²) in [6.45, 7) is -0.584. The van der Waals surface area contributed by atoms with Crippen molar-refractivity contribution in [2.45, 2.75) is 36.8 Å². The fourth-order valence-electron chi connectivity index (χ4n) is 5.64. The number of carbonyl (C=O) groups is 1. The molecule has 0 amide bonds. The van der Waals surface area contributed by atoms with Gasteiger partial charge >= 0.3 is 11.9 Å². The van der Waals surface area contributed by atoms with Crippen molar-refractivity contribution in [1.82, 2.24) is 0 Å². The van der Waals surface area contributed by atoms with Gasteiger partial charge in [-0.05, 0) is 35.9 Å². The van der Waals surface area contributed by atoms with Crippen molar-refractivity contribution in [3.8, 4) is 40.2 Å². The van der Waals surface area contributed by atoms with E-state index in [1.54, 1.807) is 12.1 Å². The zero-order valence-electron chi connectivity index (χ0n) is 26.9. The predicted octanol–water partition coefficient (Wildman–Crippen LogP) is 2.08. The van der Waals surface area contributed by atoms with Gasteiger partial charge < -0.3 is 73.7 Å². The Bertz CT molecular complexity index is 1910. The average Bonchev–Trinajstić information content (AvgIpc) is 3.11. The third-order valence-electron chi connectivity index (χ3n) is 8.20. The number of carboxylic acid groups (broad SMARTS) is 1. The molecule has 0 aromatic heterocycles. The van der Waals surface area contributed by atoms with E-state index in [2.05, 4.69) is 0 Å². The number of benzene rings is 3. The Hall–Kier alpha value is -5.94. The average molecular weight is 710 g/mol. The van der Waals surface area contributed by atoms with Gasteiger partial charge in [0.25, 0.3) is 5.76 Å². The Morgan fingerprint density at radius 2 is 1.57 bits per heavy atom. The lowest BCUT2D eigenvalue weighted by Gasteiger charge is -2.42. The van der Waals surface area contributed by atoms with Gasteiger partial charge in [0.1, 0.15) is 54.0 Å². The minimum Gasteiger partial charge on any atom is -0.508 e. The zero-order chi connectivity index (χ0) is 36.6. The van der Waals surface area contributed by atoms with Crippen molar-refractivity contribution in [2.24, 2.45) is 0 Å². The summed E-state index contributed by atoms with van der Waals surface area (Å²) in [7, 11) is 2.61. The predicted molar refractivity (Wildman–Crippen MR) is 174 cm³/mol. The Balaban J connectivity index is 1.36. The van der Waals surface area contributed by atoms with Crippen LogP contribution in [0.1, 0.15) is 22.8 Å². The van der Waals surface area contributed by atoms with Crippen LogP contribution >= 0.6 is 0 Å². The molecule has 6 unspecified atom stereocenters. The van der Waals surface area contributed by atoms with Gasteiger partial charge in [0, 0.05) is 35.4 Å². The zero-order valence-corrected chi connectivity index (χ0v) is 26.9. The van der Waals surface area contributed by atoms with E-state index in [-0.39, 0.29) is 62.7 Å². The molecule has 3 heterocycles. The molecule has 0 bridgehead atoms. The summed E-state index contributed by atoms with van der Waals surface area (Å²) in [5, 5.41) is 73.0. The van der Waals surface area contributed by atoms with E-state index in [0.717, 1.165) is 6.08 Å². The number of rotatable bonds is 10. The van der Waals surface area contributed by atoms with E-state index in [4.69, 9.17) is 33.2 Å². The van der Waals surface area contributed by atoms with Crippen LogP contribution in [0, 0.1) is 0 Å². The van der Waals surface area contributed by atoms with Crippen molar-refractivity contribution in [1.29, 1.82) is 0 Å². The molecule has 16 nitrogen and oxygen atoms in total. The number of carbonyl (C=O) groups excluding carboxylic acids is 1. The third kappa shape index (κ3) is 6.93. The molecule has 1 fully saturated rings. The number of aliphatic hydroxyl groups excluding tert-OH is 4. The van der Waals surface area contributed by atoms with Crippen LogP contribution in [0.15, 0.2) is 72.2 Å². The summed E-state index contributed by atoms with van der Waals surface area (Å²) in [5.74, 6) is -3.32. The molecular formula is C35H33O16+. The maximum Gasteiger partial charge on any atom is 0.552 e. The fourth-order valence-corrected chi connectivity index (χ4v) is 5.64. The monoisotopic (exact) mass is 709 g/mol. The quantitative estimate of drug-likeness (QED) is 0.0905. The number of methoxy groups -OCH3 is 2. The van der Waals surface area contributed by atoms with Crippen molar-refractivity contribution >= 4 is 23.6 Å². The number of ether oxygens (including phenoxy) is 7. The minimum absolute atomic E-state index is 0.0296. The lowest BCUT2D eigenvalue weighted by molar-refractivity contribution is -0.294. The van der Waals surface area contributed by atoms with Gasteiger partial charge in [0.2, 0.25) is 12.0 Å². The number of phenolic OH excluding ortho intramolecular Hbond substituents is 3. The first kappa shape index (κ1) is 34.9. The molecule has 3 aromatic rings. The molecule has 0 spiro atoms. The highest BCUT2D eigenvalue weighted by atomic mass is 16.7. The van der Waals surface area contributed by atoms with E-state index in [0.29, 0.717) is 5.56 Å². The molecule has 0 radical (unpaired) electrons. The minimum atomic E-state index is -1.89. The molecular weight excluding hydrogens is 676 g/mol. The maximum atomic E-state index is 12.5. The second kappa shape index (κ2) is 14.1. The molecule has 51 heavy (non-hydrogen) atoms. The number of esters is 1. The molecule has 1 saturated heterocycles. The molecule has 6 atom stereocenters. The van der Waals surface area contributed by atoms with Gasteiger partial charge in [-0.15, -0.1) is 0 Å². The van der Waals surface area contributed by atoms with Crippen molar-refractivity contribution in [3.63, 3.8) is 0 Å². The number of aromatic hydroxyl groups is 3. The highest BCUT2D eigenvalue weighted by Gasteiger charge is 2.48. The van der Waals surface area contributed by atoms with E-state index in [1.165, 1.54) is 62.8 Å². The summed E-state index contributed by atoms with van der Waals surface area (Å²) in [6.07, 6.45) is -6.26. The van der Waals surface area contributed by atoms with E-state index in [1.807, 2.05) is 0 Å². The normalized spacial score (nSPS) is 23.7. The molecule has 268 valence electrons. The van der Waals surface area contributed by atoms with E-state index < -0.39 is 61.1 Å². The lowest BCUT2D eigenvalue weighted by atomic mass is 9.91. The van der Waals surface area contributed by atoms with Crippen LogP contribution in [0.25, 0.3) is 11.6 Å². The molecule has 8 N–H and O–H groups in total. The number of phenols is 3. The topological polar surface area (TPSA) is 245 Å². The lowest BCUT2D eigenvalue weighted by Crippen LogP contribution is -2.59. The first-order valence-corrected chi connectivity index (χ1v) is 15.3. The van der Waals surface area contributed by atoms with Gasteiger partial charge in [-0.25, -0.2) is 4.79 Å². The van der Waals surface area contributed by atoms with Crippen molar-refractivity contribution in [2.75, 3.05) is 20.8 Å². The molecule has 3 aromatic carbocycles. The van der Waals surface area contributed by atoms with Gasteiger partial charge in [-0.3, -0.25) is 0 Å². The van der Waals surface area contributed by atoms with Gasteiger partial charge in [0.15, 0.2) is 23.4 Å². The van der Waals surface area contributed by atoms with Crippen molar-refractivity contribution in [3.05, 3.63) is 88.9 Å². The van der Waals surface area contributed by atoms with Crippen LogP contribution in [0.2, 0.25) is 0 Å². The molecule has 0 aliphatic carbocycles. The fraction of sp³-hybridized carbons (Fsp3) is 0.257. The number of carboxylic acids is 1. The van der Waals surface area contributed by atoms with Gasteiger partial charge in [0.05, 0.1) is 19.8 Å². The van der Waals surface area contributed by atoms with Crippen LogP contribution in [0.5, 0.6) is 40.2 Å². The Kier molecular flexibility index (Phi) is 9.67. The Labute approximate surface area is 288 Å². The third-order valence-corrected chi connectivity index (χ3v) is 8.20. The van der Waals surface area contributed by atoms with Gasteiger partial charge in [-0.2, -0.15) is 0 Å². The van der Waals surface area contributed by atoms with Crippen LogP contribution < -0.4 is 18.9 Å². The van der Waals surface area contributed by atoms with E-state index in [9.17, 15) is 45.3 Å². The smallest absolute Gasteiger partial charge is 0.508 e. The summed E-state index contributed by atoms with van der Waals surface area (Å²) in [5.41, 5.74) is 1.11. The van der Waals surface area contributed by atoms with Crippen LogP contribution in [-0.4, -0.2) is 104 Å². The van der Waals surface area contributed by atoms with Crippen LogP contribution in [0.3, 0.4) is 0 Å². The Morgan fingerprint density at radius 1 is 0.902 bits per heavy atom. The van der Waals surface area contributed by atoms with Crippen LogP contribution in [-0.2, 0) is 19.0 Å². The molecule has 0 saturated carbocycles. The maximum absolute atomic E-state index is 12.5.